The highest BCUT2D eigenvalue weighted by atomic mass is 35.5. The summed E-state index contributed by atoms with van der Waals surface area (Å²) in [4.78, 5) is 14.2. The molecule has 0 saturated carbocycles. The van der Waals surface area contributed by atoms with Crippen LogP contribution in [0.5, 0.6) is 0 Å². The van der Waals surface area contributed by atoms with Gasteiger partial charge in [-0.15, -0.1) is 0 Å². The molecule has 0 aliphatic heterocycles. The number of hydrogen-bond acceptors (Lipinski definition) is 4. The maximum absolute atomic E-state index is 12.7. The second kappa shape index (κ2) is 6.91. The summed E-state index contributed by atoms with van der Waals surface area (Å²) in [6.45, 7) is -0.119. The number of alkyl halides is 3. The Hall–Kier alpha value is -1.60. The Kier molecular flexibility index (Phi) is 5.74. The highest BCUT2D eigenvalue weighted by molar-refractivity contribution is 7.17. The summed E-state index contributed by atoms with van der Waals surface area (Å²) in [5.74, 6) is -1.09. The maximum atomic E-state index is 12.7. The lowest BCUT2D eigenvalue weighted by atomic mass is 10.2. The Balaban J connectivity index is 0.00000220. The number of hydrogen-bond donors (Lipinski definition) is 0. The zero-order chi connectivity index (χ0) is 14.8. The number of benzene rings is 1. The number of ether oxygens (including phenoxy) is 1. The van der Waals surface area contributed by atoms with Crippen molar-refractivity contribution < 1.29 is 22.7 Å². The van der Waals surface area contributed by atoms with E-state index in [1.807, 2.05) is 0 Å². The van der Waals surface area contributed by atoms with Gasteiger partial charge in [0.15, 0.2) is 10.2 Å². The van der Waals surface area contributed by atoms with Crippen molar-refractivity contribution in [3.8, 4) is 0 Å². The van der Waals surface area contributed by atoms with Crippen LogP contribution in [0.25, 0.3) is 0 Å². The molecule has 0 amide bonds. The molecule has 1 aromatic carbocycles. The Morgan fingerprint density at radius 1 is 1.29 bits per heavy atom. The van der Waals surface area contributed by atoms with Gasteiger partial charge in [0.1, 0.15) is 11.5 Å². The quantitative estimate of drug-likeness (QED) is 0.755. The van der Waals surface area contributed by atoms with Crippen LogP contribution in [0.4, 0.5) is 13.2 Å². The lowest BCUT2D eigenvalue weighted by molar-refractivity contribution is -0.141. The molecule has 2 aromatic rings. The standard InChI is InChI=1S/C12H7ClF3NO2S.CH4/c13-11-17-9(12(14,15)16)8(20-11)10(18)19-6-7-4-2-1-3-5-7;/h1-5H,6H2;1H4. The van der Waals surface area contributed by atoms with Crippen LogP contribution in [0.15, 0.2) is 30.3 Å². The largest absolute Gasteiger partial charge is 0.457 e. The molecule has 1 aromatic heterocycles. The van der Waals surface area contributed by atoms with Crippen LogP contribution in [-0.4, -0.2) is 11.0 Å². The average molecular weight is 338 g/mol. The fourth-order valence-electron chi connectivity index (χ4n) is 1.41. The van der Waals surface area contributed by atoms with Gasteiger partial charge in [-0.3, -0.25) is 0 Å². The van der Waals surface area contributed by atoms with E-state index < -0.39 is 22.7 Å². The Labute approximate surface area is 128 Å². The SMILES string of the molecule is C.O=C(OCc1ccccc1)c1sc(Cl)nc1C(F)(F)F. The van der Waals surface area contributed by atoms with Gasteiger partial charge in [0.05, 0.1) is 0 Å². The van der Waals surface area contributed by atoms with Crippen molar-refractivity contribution in [3.63, 3.8) is 0 Å². The molecule has 21 heavy (non-hydrogen) atoms. The van der Waals surface area contributed by atoms with Gasteiger partial charge < -0.3 is 4.74 Å². The second-order valence-electron chi connectivity index (χ2n) is 3.70. The number of carbonyl (C=O) groups excluding carboxylic acids is 1. The monoisotopic (exact) mass is 337 g/mol. The van der Waals surface area contributed by atoms with Gasteiger partial charge in [-0.05, 0) is 5.56 Å². The van der Waals surface area contributed by atoms with Crippen LogP contribution in [0.3, 0.4) is 0 Å². The van der Waals surface area contributed by atoms with Crippen molar-refractivity contribution in [2.24, 2.45) is 0 Å². The number of rotatable bonds is 3. The topological polar surface area (TPSA) is 39.2 Å². The van der Waals surface area contributed by atoms with Crippen LogP contribution in [0.2, 0.25) is 4.47 Å². The number of esters is 1. The molecule has 114 valence electrons. The molecule has 0 aliphatic rings. The van der Waals surface area contributed by atoms with Gasteiger partial charge in [0.25, 0.3) is 0 Å². The van der Waals surface area contributed by atoms with E-state index in [0.717, 1.165) is 0 Å². The summed E-state index contributed by atoms with van der Waals surface area (Å²) in [5, 5.41) is 0. The molecule has 0 bridgehead atoms. The summed E-state index contributed by atoms with van der Waals surface area (Å²) in [7, 11) is 0. The van der Waals surface area contributed by atoms with Crippen LogP contribution in [0.1, 0.15) is 28.4 Å². The zero-order valence-electron chi connectivity index (χ0n) is 9.78. The molecule has 8 heteroatoms. The second-order valence-corrected chi connectivity index (χ2v) is 5.29. The first kappa shape index (κ1) is 17.5. The molecule has 3 nitrogen and oxygen atoms in total. The third-order valence-corrected chi connectivity index (χ3v) is 3.41. The number of halogens is 4. The first-order valence-electron chi connectivity index (χ1n) is 5.32. The minimum absolute atomic E-state index is 0. The minimum atomic E-state index is -4.75. The molecule has 0 saturated heterocycles. The van der Waals surface area contributed by atoms with Crippen LogP contribution in [-0.2, 0) is 17.5 Å². The average Bonchev–Trinajstić information content (AvgIpc) is 2.79. The molecule has 2 rings (SSSR count). The third kappa shape index (κ3) is 4.44. The molecule has 0 spiro atoms. The minimum Gasteiger partial charge on any atom is -0.457 e. The van der Waals surface area contributed by atoms with Gasteiger partial charge >= 0.3 is 12.1 Å². The Bertz CT molecular complexity index is 614. The van der Waals surface area contributed by atoms with Crippen LogP contribution in [0, 0.1) is 0 Å². The van der Waals surface area contributed by atoms with Gasteiger partial charge in [-0.1, -0.05) is 60.7 Å². The fourth-order valence-corrected chi connectivity index (χ4v) is 2.43. The third-order valence-electron chi connectivity index (χ3n) is 2.27. The maximum Gasteiger partial charge on any atom is 0.435 e. The van der Waals surface area contributed by atoms with Crippen molar-refractivity contribution in [2.45, 2.75) is 20.2 Å². The highest BCUT2D eigenvalue weighted by Crippen LogP contribution is 2.36. The van der Waals surface area contributed by atoms with Crippen molar-refractivity contribution in [1.29, 1.82) is 0 Å². The van der Waals surface area contributed by atoms with Crippen molar-refractivity contribution in [2.75, 3.05) is 0 Å². The molecule has 0 atom stereocenters. The van der Waals surface area contributed by atoms with E-state index in [2.05, 4.69) is 4.98 Å². The van der Waals surface area contributed by atoms with Crippen LogP contribution >= 0.6 is 22.9 Å². The first-order chi connectivity index (χ1) is 9.38. The molecule has 0 aliphatic carbocycles. The summed E-state index contributed by atoms with van der Waals surface area (Å²) in [6, 6.07) is 8.62. The number of aromatic nitrogens is 1. The van der Waals surface area contributed by atoms with Crippen LogP contribution < -0.4 is 0 Å². The summed E-state index contributed by atoms with van der Waals surface area (Å²) < 4.78 is 42.5. The van der Waals surface area contributed by atoms with E-state index in [-0.39, 0.29) is 18.5 Å². The Morgan fingerprint density at radius 2 is 1.90 bits per heavy atom. The highest BCUT2D eigenvalue weighted by Gasteiger charge is 2.40. The van der Waals surface area contributed by atoms with E-state index in [9.17, 15) is 18.0 Å². The molecular formula is C13H11ClF3NO2S. The molecule has 0 fully saturated rings. The molecule has 0 unspecified atom stereocenters. The molecule has 0 N–H and O–H groups in total. The number of thiazole rings is 1. The van der Waals surface area contributed by atoms with Gasteiger partial charge in [0, 0.05) is 0 Å². The molecule has 1 heterocycles. The lowest BCUT2D eigenvalue weighted by Gasteiger charge is -2.06. The van der Waals surface area contributed by atoms with E-state index in [1.165, 1.54) is 0 Å². The van der Waals surface area contributed by atoms with E-state index in [0.29, 0.717) is 16.9 Å². The predicted octanol–water partition coefficient (Wildman–Crippen LogP) is 4.81. The van der Waals surface area contributed by atoms with E-state index in [1.54, 1.807) is 30.3 Å². The molecule has 0 radical (unpaired) electrons. The van der Waals surface area contributed by atoms with Crippen molar-refractivity contribution in [3.05, 3.63) is 50.9 Å². The van der Waals surface area contributed by atoms with E-state index in [4.69, 9.17) is 16.3 Å². The van der Waals surface area contributed by atoms with Gasteiger partial charge in [-0.2, -0.15) is 13.2 Å². The van der Waals surface area contributed by atoms with E-state index >= 15 is 0 Å². The number of nitrogens with zero attached hydrogens (tertiary/aromatic N) is 1. The summed E-state index contributed by atoms with van der Waals surface area (Å²) in [5.41, 5.74) is -0.643. The first-order valence-corrected chi connectivity index (χ1v) is 6.52. The molecular weight excluding hydrogens is 327 g/mol. The summed E-state index contributed by atoms with van der Waals surface area (Å²) in [6.07, 6.45) is -4.75. The number of carbonyl (C=O) groups is 1. The summed E-state index contributed by atoms with van der Waals surface area (Å²) >= 11 is 5.88. The normalized spacial score (nSPS) is 10.9. The smallest absolute Gasteiger partial charge is 0.435 e. The van der Waals surface area contributed by atoms with Gasteiger partial charge in [-0.25, -0.2) is 9.78 Å². The predicted molar refractivity (Wildman–Crippen MR) is 74.4 cm³/mol. The Morgan fingerprint density at radius 3 is 2.48 bits per heavy atom. The van der Waals surface area contributed by atoms with Crippen molar-refractivity contribution in [1.82, 2.24) is 4.98 Å². The fraction of sp³-hybridized carbons (Fsp3) is 0.231. The zero-order valence-corrected chi connectivity index (χ0v) is 11.4. The lowest BCUT2D eigenvalue weighted by Crippen LogP contribution is -2.13. The van der Waals surface area contributed by atoms with Gasteiger partial charge in [0.2, 0.25) is 0 Å². The van der Waals surface area contributed by atoms with Crippen molar-refractivity contribution >= 4 is 28.9 Å².